The Labute approximate surface area is 165 Å². The van der Waals surface area contributed by atoms with Crippen molar-refractivity contribution < 1.29 is 19.2 Å². The van der Waals surface area contributed by atoms with Gasteiger partial charge >= 0.3 is 0 Å². The molecule has 0 aliphatic rings. The number of nitrogens with one attached hydrogen (secondary N) is 2. The molecule has 0 fully saturated rings. The average Bonchev–Trinajstić information content (AvgIpc) is 3.23. The highest BCUT2D eigenvalue weighted by Gasteiger charge is 2.15. The number of aromatic nitrogens is 2. The number of ether oxygens (including phenoxy) is 2. The minimum Gasteiger partial charge on any atom is -0.497 e. The van der Waals surface area contributed by atoms with Gasteiger partial charge in [-0.25, -0.2) is 5.43 Å². The first-order valence-corrected chi connectivity index (χ1v) is 8.38. The van der Waals surface area contributed by atoms with Crippen molar-refractivity contribution in [3.05, 3.63) is 69.9 Å². The summed E-state index contributed by atoms with van der Waals surface area (Å²) in [7, 11) is 3.08. The summed E-state index contributed by atoms with van der Waals surface area (Å²) in [6.07, 6.45) is 1.21. The lowest BCUT2D eigenvalue weighted by atomic mass is 10.1. The summed E-state index contributed by atoms with van der Waals surface area (Å²) in [5.41, 5.74) is 3.75. The fraction of sp³-hybridized carbons (Fsp3) is 0.105. The Bertz CT molecular complexity index is 1080. The smallest absolute Gasteiger partial charge is 0.289 e. The molecule has 2 aromatic carbocycles. The standard InChI is InChI=1S/C19H17N5O5/c1-28-13-7-8-18(29-2)14(9-13)15-10-16(22-21-15)19(25)23-20-11-12-5-3-4-6-17(12)24(26)27/h3-11H,1-2H3,(H,21,22)(H,23,25). The summed E-state index contributed by atoms with van der Waals surface area (Å²) in [5.74, 6) is 0.628. The third kappa shape index (κ3) is 4.38. The number of nitro groups is 1. The number of nitrogens with zero attached hydrogens (tertiary/aromatic N) is 3. The van der Waals surface area contributed by atoms with Crippen LogP contribution in [0.4, 0.5) is 5.69 Å². The van der Waals surface area contributed by atoms with Crippen LogP contribution in [0.1, 0.15) is 16.1 Å². The van der Waals surface area contributed by atoms with Gasteiger partial charge in [-0.3, -0.25) is 20.0 Å². The number of para-hydroxylation sites is 1. The number of carbonyl (C=O) groups is 1. The molecule has 3 aromatic rings. The summed E-state index contributed by atoms with van der Waals surface area (Å²) in [6, 6.07) is 12.8. The first-order valence-electron chi connectivity index (χ1n) is 8.38. The third-order valence-corrected chi connectivity index (χ3v) is 4.01. The number of rotatable bonds is 7. The highest BCUT2D eigenvalue weighted by atomic mass is 16.6. The molecule has 148 valence electrons. The molecule has 2 N–H and O–H groups in total. The van der Waals surface area contributed by atoms with Crippen molar-refractivity contribution >= 4 is 17.8 Å². The lowest BCUT2D eigenvalue weighted by Gasteiger charge is -2.08. The Hall–Kier alpha value is -4.21. The zero-order valence-electron chi connectivity index (χ0n) is 15.6. The zero-order valence-corrected chi connectivity index (χ0v) is 15.6. The van der Waals surface area contributed by atoms with Crippen molar-refractivity contribution in [2.75, 3.05) is 14.2 Å². The maximum atomic E-state index is 12.3. The van der Waals surface area contributed by atoms with Gasteiger partial charge < -0.3 is 9.47 Å². The maximum Gasteiger partial charge on any atom is 0.289 e. The van der Waals surface area contributed by atoms with E-state index >= 15 is 0 Å². The van der Waals surface area contributed by atoms with Crippen molar-refractivity contribution in [2.24, 2.45) is 5.10 Å². The summed E-state index contributed by atoms with van der Waals surface area (Å²) < 4.78 is 10.5. The molecule has 10 nitrogen and oxygen atoms in total. The van der Waals surface area contributed by atoms with Gasteiger partial charge in [0.2, 0.25) is 0 Å². The molecule has 1 aromatic heterocycles. The predicted molar refractivity (Wildman–Crippen MR) is 105 cm³/mol. The molecule has 0 spiro atoms. The number of hydrogen-bond acceptors (Lipinski definition) is 7. The Kier molecular flexibility index (Phi) is 5.83. The Balaban J connectivity index is 1.76. The molecule has 0 saturated carbocycles. The van der Waals surface area contributed by atoms with Crippen LogP contribution in [0.3, 0.4) is 0 Å². The van der Waals surface area contributed by atoms with E-state index in [0.717, 1.165) is 0 Å². The maximum absolute atomic E-state index is 12.3. The molecule has 3 rings (SSSR count). The molecule has 0 aliphatic carbocycles. The van der Waals surface area contributed by atoms with Crippen LogP contribution < -0.4 is 14.9 Å². The number of H-pyrrole nitrogens is 1. The summed E-state index contributed by atoms with van der Waals surface area (Å²) in [6.45, 7) is 0. The van der Waals surface area contributed by atoms with Crippen LogP contribution in [0.2, 0.25) is 0 Å². The molecule has 10 heteroatoms. The molecule has 1 amide bonds. The predicted octanol–water partition coefficient (Wildman–Crippen LogP) is 2.77. The zero-order chi connectivity index (χ0) is 20.8. The van der Waals surface area contributed by atoms with Crippen LogP contribution in [-0.4, -0.2) is 41.5 Å². The van der Waals surface area contributed by atoms with Crippen molar-refractivity contribution in [2.45, 2.75) is 0 Å². The van der Waals surface area contributed by atoms with Crippen LogP contribution in [0.25, 0.3) is 11.3 Å². The van der Waals surface area contributed by atoms with E-state index in [1.165, 1.54) is 31.5 Å². The van der Waals surface area contributed by atoms with Gasteiger partial charge in [-0.1, -0.05) is 12.1 Å². The minimum absolute atomic E-state index is 0.112. The topological polar surface area (TPSA) is 132 Å². The Morgan fingerprint density at radius 3 is 2.72 bits per heavy atom. The molecule has 0 unspecified atom stereocenters. The second-order valence-electron chi connectivity index (χ2n) is 5.75. The van der Waals surface area contributed by atoms with Gasteiger partial charge in [0.05, 0.1) is 36.6 Å². The van der Waals surface area contributed by atoms with E-state index in [1.807, 2.05) is 0 Å². The van der Waals surface area contributed by atoms with E-state index in [0.29, 0.717) is 22.8 Å². The normalized spacial score (nSPS) is 10.7. The van der Waals surface area contributed by atoms with E-state index in [-0.39, 0.29) is 16.9 Å². The lowest BCUT2D eigenvalue weighted by Crippen LogP contribution is -2.18. The number of amides is 1. The molecular weight excluding hydrogens is 378 g/mol. The molecule has 0 radical (unpaired) electrons. The second-order valence-corrected chi connectivity index (χ2v) is 5.75. The average molecular weight is 395 g/mol. The molecule has 29 heavy (non-hydrogen) atoms. The van der Waals surface area contributed by atoms with Crippen molar-refractivity contribution in [3.63, 3.8) is 0 Å². The first-order chi connectivity index (χ1) is 14.0. The highest BCUT2D eigenvalue weighted by molar-refractivity contribution is 5.94. The number of benzene rings is 2. The summed E-state index contributed by atoms with van der Waals surface area (Å²) >= 11 is 0. The van der Waals surface area contributed by atoms with Crippen molar-refractivity contribution in [3.8, 4) is 22.8 Å². The van der Waals surface area contributed by atoms with Gasteiger partial charge in [0.25, 0.3) is 11.6 Å². The molecule has 0 bridgehead atoms. The van der Waals surface area contributed by atoms with E-state index in [2.05, 4.69) is 20.7 Å². The number of carbonyl (C=O) groups excluding carboxylic acids is 1. The minimum atomic E-state index is -0.555. The number of hydrazone groups is 1. The van der Waals surface area contributed by atoms with Gasteiger partial charge in [0.15, 0.2) is 0 Å². The van der Waals surface area contributed by atoms with E-state index < -0.39 is 10.8 Å². The fourth-order valence-corrected chi connectivity index (χ4v) is 2.57. The third-order valence-electron chi connectivity index (χ3n) is 4.01. The van der Waals surface area contributed by atoms with Gasteiger partial charge in [-0.2, -0.15) is 10.2 Å². The van der Waals surface area contributed by atoms with E-state index in [1.54, 1.807) is 37.4 Å². The molecule has 1 heterocycles. The van der Waals surface area contributed by atoms with E-state index in [9.17, 15) is 14.9 Å². The number of methoxy groups -OCH3 is 2. The Morgan fingerprint density at radius 1 is 1.21 bits per heavy atom. The SMILES string of the molecule is COc1ccc(OC)c(-c2cc(C(=O)NN=Cc3ccccc3[N+](=O)[O-])[nH]n2)c1. The van der Waals surface area contributed by atoms with Crippen LogP contribution in [0.15, 0.2) is 53.6 Å². The highest BCUT2D eigenvalue weighted by Crippen LogP contribution is 2.32. The Morgan fingerprint density at radius 2 is 2.00 bits per heavy atom. The van der Waals surface area contributed by atoms with Crippen molar-refractivity contribution in [1.29, 1.82) is 0 Å². The van der Waals surface area contributed by atoms with Gasteiger partial charge in [-0.05, 0) is 30.3 Å². The largest absolute Gasteiger partial charge is 0.497 e. The molecule has 0 aliphatic heterocycles. The second kappa shape index (κ2) is 8.65. The summed E-state index contributed by atoms with van der Waals surface area (Å²) in [4.78, 5) is 22.8. The van der Waals surface area contributed by atoms with Gasteiger partial charge in [-0.15, -0.1) is 0 Å². The van der Waals surface area contributed by atoms with Crippen LogP contribution in [0.5, 0.6) is 11.5 Å². The monoisotopic (exact) mass is 395 g/mol. The van der Waals surface area contributed by atoms with Crippen LogP contribution in [-0.2, 0) is 0 Å². The summed E-state index contributed by atoms with van der Waals surface area (Å²) in [5, 5.41) is 21.5. The number of aromatic amines is 1. The number of nitro benzene ring substituents is 1. The first kappa shape index (κ1) is 19.5. The fourth-order valence-electron chi connectivity index (χ4n) is 2.57. The molecule has 0 saturated heterocycles. The van der Waals surface area contributed by atoms with E-state index in [4.69, 9.17) is 9.47 Å². The number of hydrogen-bond donors (Lipinski definition) is 2. The van der Waals surface area contributed by atoms with Gasteiger partial charge in [0, 0.05) is 11.6 Å². The quantitative estimate of drug-likeness (QED) is 0.359. The van der Waals surface area contributed by atoms with Gasteiger partial charge in [0.1, 0.15) is 17.2 Å². The lowest BCUT2D eigenvalue weighted by molar-refractivity contribution is -0.385. The van der Waals surface area contributed by atoms with Crippen molar-refractivity contribution in [1.82, 2.24) is 15.6 Å². The molecular formula is C19H17N5O5. The van der Waals surface area contributed by atoms with Crippen LogP contribution in [0, 0.1) is 10.1 Å². The van der Waals surface area contributed by atoms with Crippen LogP contribution >= 0.6 is 0 Å². The molecule has 0 atom stereocenters.